The third kappa shape index (κ3) is 4.85. The Morgan fingerprint density at radius 2 is 1.72 bits per heavy atom. The number of ether oxygens (including phenoxy) is 2. The third-order valence-electron chi connectivity index (χ3n) is 6.18. The molecule has 3 aromatic carbocycles. The first-order valence-corrected chi connectivity index (χ1v) is 12.0. The number of methoxy groups -OCH3 is 1. The first-order valence-electron chi connectivity index (χ1n) is 12.0. The summed E-state index contributed by atoms with van der Waals surface area (Å²) in [7, 11) is 1.57. The van der Waals surface area contributed by atoms with Crippen LogP contribution in [-0.2, 0) is 9.59 Å². The maximum absolute atomic E-state index is 13.4. The molecule has 0 aliphatic carbocycles. The minimum Gasteiger partial charge on any atom is -0.507 e. The number of hydrogen-bond donors (Lipinski definition) is 1. The molecule has 0 saturated carbocycles. The number of carbonyl (C=O) groups excluding carboxylic acids is 2. The molecule has 1 atom stereocenters. The average molecular weight is 486 g/mol. The highest BCUT2D eigenvalue weighted by Crippen LogP contribution is 2.43. The van der Waals surface area contributed by atoms with Gasteiger partial charge < -0.3 is 14.6 Å². The van der Waals surface area contributed by atoms with Crippen LogP contribution in [0.15, 0.2) is 72.3 Å². The van der Waals surface area contributed by atoms with E-state index in [9.17, 15) is 14.7 Å². The van der Waals surface area contributed by atoms with Crippen LogP contribution in [0.1, 0.15) is 42.1 Å². The number of aliphatic hydroxyl groups excluding tert-OH is 1. The molecule has 0 aromatic heterocycles. The van der Waals surface area contributed by atoms with Gasteiger partial charge in [0.15, 0.2) is 0 Å². The Morgan fingerprint density at radius 1 is 1.00 bits per heavy atom. The third-order valence-corrected chi connectivity index (χ3v) is 6.18. The Labute approximate surface area is 211 Å². The summed E-state index contributed by atoms with van der Waals surface area (Å²) in [5.74, 6) is -0.0178. The molecule has 1 aliphatic rings. The zero-order chi connectivity index (χ0) is 26.0. The predicted octanol–water partition coefficient (Wildman–Crippen LogP) is 5.97. The standard InChI is InChI=1S/C30H31NO5/c1-18(2)17-36-24-8-6-7-21(16-24)27-26(28(32)22-11-14-25(35-5)20(4)15-22)29(33)30(34)31(27)23-12-9-19(3)10-13-23/h6-16,18,27,32H,17H2,1-5H3/b28-26+. The molecule has 4 rings (SSSR count). The van der Waals surface area contributed by atoms with Crippen LogP contribution in [0.2, 0.25) is 0 Å². The number of aryl methyl sites for hydroxylation is 2. The van der Waals surface area contributed by atoms with Crippen LogP contribution in [0.4, 0.5) is 5.69 Å². The molecule has 1 fully saturated rings. The van der Waals surface area contributed by atoms with E-state index in [4.69, 9.17) is 9.47 Å². The van der Waals surface area contributed by atoms with Crippen LogP contribution in [0, 0.1) is 19.8 Å². The first kappa shape index (κ1) is 25.0. The summed E-state index contributed by atoms with van der Waals surface area (Å²) < 4.78 is 11.2. The van der Waals surface area contributed by atoms with Crippen LogP contribution < -0.4 is 14.4 Å². The molecule has 3 aromatic rings. The van der Waals surface area contributed by atoms with E-state index >= 15 is 0 Å². The van der Waals surface area contributed by atoms with E-state index in [-0.39, 0.29) is 11.3 Å². The highest BCUT2D eigenvalue weighted by molar-refractivity contribution is 6.51. The largest absolute Gasteiger partial charge is 0.507 e. The van der Waals surface area contributed by atoms with Gasteiger partial charge in [-0.3, -0.25) is 14.5 Å². The summed E-state index contributed by atoms with van der Waals surface area (Å²) in [4.78, 5) is 28.2. The van der Waals surface area contributed by atoms with Crippen LogP contribution in [0.25, 0.3) is 5.76 Å². The highest BCUT2D eigenvalue weighted by Gasteiger charge is 2.47. The van der Waals surface area contributed by atoms with Crippen LogP contribution >= 0.6 is 0 Å². The maximum atomic E-state index is 13.4. The zero-order valence-electron chi connectivity index (χ0n) is 21.2. The summed E-state index contributed by atoms with van der Waals surface area (Å²) >= 11 is 0. The van der Waals surface area contributed by atoms with Crippen molar-refractivity contribution in [2.45, 2.75) is 33.7 Å². The van der Waals surface area contributed by atoms with Crippen molar-refractivity contribution in [1.82, 2.24) is 0 Å². The quantitative estimate of drug-likeness (QED) is 0.253. The number of anilines is 1. The lowest BCUT2D eigenvalue weighted by Crippen LogP contribution is -2.29. The van der Waals surface area contributed by atoms with Gasteiger partial charge in [-0.1, -0.05) is 43.7 Å². The highest BCUT2D eigenvalue weighted by atomic mass is 16.5. The number of hydrogen-bond acceptors (Lipinski definition) is 5. The van der Waals surface area contributed by atoms with E-state index in [0.29, 0.717) is 40.8 Å². The summed E-state index contributed by atoms with van der Waals surface area (Å²) in [6.07, 6.45) is 0. The monoisotopic (exact) mass is 485 g/mol. The molecule has 1 aliphatic heterocycles. The van der Waals surface area contributed by atoms with Gasteiger partial charge in [0.1, 0.15) is 17.3 Å². The van der Waals surface area contributed by atoms with E-state index in [1.54, 1.807) is 25.3 Å². The van der Waals surface area contributed by atoms with Crippen LogP contribution in [0.5, 0.6) is 11.5 Å². The van der Waals surface area contributed by atoms with E-state index in [2.05, 4.69) is 13.8 Å². The normalized spacial score (nSPS) is 17.1. The molecule has 6 nitrogen and oxygen atoms in total. The minimum atomic E-state index is -0.822. The molecule has 1 saturated heterocycles. The van der Waals surface area contributed by atoms with Crippen molar-refractivity contribution in [3.05, 3.63) is 94.6 Å². The second-order valence-corrected chi connectivity index (χ2v) is 9.47. The van der Waals surface area contributed by atoms with Crippen molar-refractivity contribution >= 4 is 23.1 Å². The topological polar surface area (TPSA) is 76.1 Å². The number of nitrogens with zero attached hydrogens (tertiary/aromatic N) is 1. The minimum absolute atomic E-state index is 0.0335. The average Bonchev–Trinajstić information content (AvgIpc) is 3.13. The van der Waals surface area contributed by atoms with Gasteiger partial charge in [0, 0.05) is 11.3 Å². The smallest absolute Gasteiger partial charge is 0.300 e. The van der Waals surface area contributed by atoms with E-state index in [1.165, 1.54) is 4.90 Å². The van der Waals surface area contributed by atoms with Crippen molar-refractivity contribution in [3.63, 3.8) is 0 Å². The van der Waals surface area contributed by atoms with E-state index in [1.807, 2.05) is 62.4 Å². The Kier molecular flexibility index (Phi) is 7.15. The molecule has 1 amide bonds. The number of ketones is 1. The lowest BCUT2D eigenvalue weighted by Gasteiger charge is -2.26. The summed E-state index contributed by atoms with van der Waals surface area (Å²) in [5, 5.41) is 11.4. The maximum Gasteiger partial charge on any atom is 0.300 e. The molecular weight excluding hydrogens is 454 g/mol. The number of aliphatic hydroxyl groups is 1. The zero-order valence-corrected chi connectivity index (χ0v) is 21.2. The summed E-state index contributed by atoms with van der Waals surface area (Å²) in [5.41, 5.74) is 3.55. The fourth-order valence-corrected chi connectivity index (χ4v) is 4.34. The van der Waals surface area contributed by atoms with Gasteiger partial charge in [0.2, 0.25) is 0 Å². The molecule has 1 N–H and O–H groups in total. The van der Waals surface area contributed by atoms with Crippen molar-refractivity contribution < 1.29 is 24.2 Å². The Hall–Kier alpha value is -4.06. The van der Waals surface area contributed by atoms with E-state index < -0.39 is 17.7 Å². The predicted molar refractivity (Wildman–Crippen MR) is 140 cm³/mol. The van der Waals surface area contributed by atoms with Gasteiger partial charge in [-0.15, -0.1) is 0 Å². The van der Waals surface area contributed by atoms with Gasteiger partial charge in [0.25, 0.3) is 11.7 Å². The number of amides is 1. The lowest BCUT2D eigenvalue weighted by atomic mass is 9.94. The van der Waals surface area contributed by atoms with Gasteiger partial charge in [-0.2, -0.15) is 0 Å². The van der Waals surface area contributed by atoms with Crippen molar-refractivity contribution in [2.24, 2.45) is 5.92 Å². The summed E-state index contributed by atoms with van der Waals surface area (Å²) in [6.45, 7) is 8.47. The molecule has 0 bridgehead atoms. The SMILES string of the molecule is COc1ccc(/C(O)=C2\C(=O)C(=O)N(c3ccc(C)cc3)C2c2cccc(OCC(C)C)c2)cc1C. The molecule has 36 heavy (non-hydrogen) atoms. The van der Waals surface area contributed by atoms with Gasteiger partial charge in [-0.05, 0) is 73.4 Å². The van der Waals surface area contributed by atoms with Crippen molar-refractivity contribution in [1.29, 1.82) is 0 Å². The molecule has 0 spiro atoms. The van der Waals surface area contributed by atoms with Gasteiger partial charge in [0.05, 0.1) is 25.3 Å². The van der Waals surface area contributed by atoms with E-state index in [0.717, 1.165) is 11.1 Å². The number of carbonyl (C=O) groups is 2. The van der Waals surface area contributed by atoms with Crippen molar-refractivity contribution in [2.75, 3.05) is 18.6 Å². The lowest BCUT2D eigenvalue weighted by molar-refractivity contribution is -0.132. The molecule has 6 heteroatoms. The number of rotatable bonds is 7. The molecule has 0 radical (unpaired) electrons. The Morgan fingerprint density at radius 3 is 2.36 bits per heavy atom. The molecule has 1 heterocycles. The Balaban J connectivity index is 1.89. The van der Waals surface area contributed by atoms with Crippen LogP contribution in [-0.4, -0.2) is 30.5 Å². The molecule has 1 unspecified atom stereocenters. The fourth-order valence-electron chi connectivity index (χ4n) is 4.34. The number of Topliss-reactive ketones (excluding diaryl/α,β-unsaturated/α-hetero) is 1. The molecular formula is C30H31NO5. The second-order valence-electron chi connectivity index (χ2n) is 9.47. The van der Waals surface area contributed by atoms with Gasteiger partial charge in [-0.25, -0.2) is 0 Å². The first-order chi connectivity index (χ1) is 17.2. The summed E-state index contributed by atoms with van der Waals surface area (Å²) in [6, 6.07) is 19.1. The van der Waals surface area contributed by atoms with Gasteiger partial charge >= 0.3 is 0 Å². The second kappa shape index (κ2) is 10.3. The van der Waals surface area contributed by atoms with Crippen LogP contribution in [0.3, 0.4) is 0 Å². The Bertz CT molecular complexity index is 1320. The fraction of sp³-hybridized carbons (Fsp3) is 0.267. The number of benzene rings is 3. The van der Waals surface area contributed by atoms with Crippen molar-refractivity contribution in [3.8, 4) is 11.5 Å². The molecule has 186 valence electrons.